The third kappa shape index (κ3) is 7.86. The Morgan fingerprint density at radius 3 is 2.31 bits per heavy atom. The Hall–Kier alpha value is -3.31. The lowest BCUT2D eigenvalue weighted by atomic mass is 9.96. The Morgan fingerprint density at radius 2 is 1.61 bits per heavy atom. The maximum absolute atomic E-state index is 13.8. The molecule has 7 rings (SSSR count). The lowest BCUT2D eigenvalue weighted by Crippen LogP contribution is -2.57. The third-order valence-electron chi connectivity index (χ3n) is 9.60. The summed E-state index contributed by atoms with van der Waals surface area (Å²) < 4.78 is 92.0. The maximum atomic E-state index is 13.8. The van der Waals surface area contributed by atoms with Crippen molar-refractivity contribution in [2.75, 3.05) is 29.9 Å². The van der Waals surface area contributed by atoms with Gasteiger partial charge in [-0.1, -0.05) is 30.3 Å². The van der Waals surface area contributed by atoms with Crippen molar-refractivity contribution in [2.45, 2.75) is 108 Å². The van der Waals surface area contributed by atoms with Gasteiger partial charge in [0.2, 0.25) is 5.95 Å². The van der Waals surface area contributed by atoms with Crippen LogP contribution in [0.25, 0.3) is 11.2 Å². The van der Waals surface area contributed by atoms with Crippen molar-refractivity contribution in [3.05, 3.63) is 64.1 Å². The average Bonchev–Trinajstić information content (AvgIpc) is 3.82. The number of benzene rings is 1. The number of aromatic nitrogens is 4. The lowest BCUT2D eigenvalue weighted by Gasteiger charge is -2.38. The number of rotatable bonds is 12. The topological polar surface area (TPSA) is 221 Å². The van der Waals surface area contributed by atoms with Crippen molar-refractivity contribution in [3.8, 4) is 0 Å². The number of hydrogen-bond donors (Lipinski definition) is 3. The minimum atomic E-state index is -4.39. The van der Waals surface area contributed by atoms with Crippen molar-refractivity contribution in [1.82, 2.24) is 24.4 Å². The number of nitrogens with zero attached hydrogens (tertiary/aromatic N) is 4. The number of sulfone groups is 2. The minimum absolute atomic E-state index is 0.0822. The van der Waals surface area contributed by atoms with Crippen LogP contribution in [-0.2, 0) is 54.6 Å². The lowest BCUT2D eigenvalue weighted by molar-refractivity contribution is -0.191. The molecule has 0 spiro atoms. The van der Waals surface area contributed by atoms with Gasteiger partial charge in [0.25, 0.3) is 5.56 Å². The quantitative estimate of drug-likeness (QED) is 0.214. The predicted octanol–water partition coefficient (Wildman–Crippen LogP) is 0.617. The fourth-order valence-electron chi connectivity index (χ4n) is 7.40. The van der Waals surface area contributed by atoms with Gasteiger partial charge >= 0.3 is 0 Å². The Bertz CT molecular complexity index is 2170. The monoisotopic (exact) mass is 794 g/mol. The van der Waals surface area contributed by atoms with Gasteiger partial charge in [0.1, 0.15) is 42.7 Å². The van der Waals surface area contributed by atoms with E-state index in [-0.39, 0.29) is 23.7 Å². The number of imidazole rings is 1. The predicted molar refractivity (Wildman–Crippen MR) is 193 cm³/mol. The second kappa shape index (κ2) is 14.3. The Balaban J connectivity index is 1.11. The molecule has 3 N–H and O–H groups in total. The van der Waals surface area contributed by atoms with Gasteiger partial charge in [0, 0.05) is 5.41 Å². The second-order valence-corrected chi connectivity index (χ2v) is 19.2. The molecular formula is C34H46N6O12S2. The summed E-state index contributed by atoms with van der Waals surface area (Å²) in [5.74, 6) is -2.56. The molecule has 4 fully saturated rings. The van der Waals surface area contributed by atoms with E-state index >= 15 is 0 Å². The Labute approximate surface area is 312 Å². The molecule has 20 heteroatoms. The van der Waals surface area contributed by atoms with Crippen molar-refractivity contribution < 1.29 is 50.4 Å². The van der Waals surface area contributed by atoms with E-state index in [1.807, 2.05) is 30.3 Å². The van der Waals surface area contributed by atoms with Gasteiger partial charge in [0.05, 0.1) is 31.4 Å². The van der Waals surface area contributed by atoms with Gasteiger partial charge in [0.15, 0.2) is 53.7 Å². The van der Waals surface area contributed by atoms with E-state index in [0.29, 0.717) is 6.67 Å². The summed E-state index contributed by atoms with van der Waals surface area (Å²) >= 11 is 0. The summed E-state index contributed by atoms with van der Waals surface area (Å²) in [6.45, 7) is 8.98. The molecule has 3 aromatic rings. The number of fused-ring (bicyclic) bond motifs is 3. The zero-order chi connectivity index (χ0) is 38.8. The molecule has 2 aromatic heterocycles. The molecule has 0 amide bonds. The van der Waals surface area contributed by atoms with Crippen molar-refractivity contribution in [1.29, 1.82) is 0 Å². The normalized spacial score (nSPS) is 31.9. The third-order valence-corrected chi connectivity index (χ3v) is 13.8. The number of ether oxygens (including phenoxy) is 6. The van der Waals surface area contributed by atoms with Crippen LogP contribution in [0.3, 0.4) is 0 Å². The minimum Gasteiger partial charge on any atom is -0.388 e. The summed E-state index contributed by atoms with van der Waals surface area (Å²) in [6, 6.07) is 9.45. The van der Waals surface area contributed by atoms with Gasteiger partial charge in [-0.25, -0.2) is 21.8 Å². The van der Waals surface area contributed by atoms with Crippen LogP contribution >= 0.6 is 0 Å². The van der Waals surface area contributed by atoms with Crippen LogP contribution in [0.5, 0.6) is 0 Å². The highest BCUT2D eigenvalue weighted by atomic mass is 32.3. The van der Waals surface area contributed by atoms with Crippen LogP contribution in [-0.4, -0.2) is 126 Å². The van der Waals surface area contributed by atoms with E-state index in [2.05, 4.69) is 15.6 Å². The van der Waals surface area contributed by atoms with Crippen molar-refractivity contribution >= 4 is 36.8 Å². The van der Waals surface area contributed by atoms with E-state index in [0.717, 1.165) is 11.0 Å². The summed E-state index contributed by atoms with van der Waals surface area (Å²) in [4.78, 5) is 23.0. The van der Waals surface area contributed by atoms with E-state index in [9.17, 15) is 26.7 Å². The molecule has 4 saturated heterocycles. The summed E-state index contributed by atoms with van der Waals surface area (Å²) in [5.41, 5.74) is 0.779. The summed E-state index contributed by atoms with van der Waals surface area (Å²) in [5, 5.41) is 16.6. The van der Waals surface area contributed by atoms with Crippen LogP contribution in [0.2, 0.25) is 0 Å². The molecule has 0 bridgehead atoms. The molecule has 4 aliphatic rings. The first-order chi connectivity index (χ1) is 25.4. The van der Waals surface area contributed by atoms with E-state index < -0.39 is 103 Å². The number of nitrogens with one attached hydrogen (secondary N) is 2. The molecule has 18 nitrogen and oxygen atoms in total. The van der Waals surface area contributed by atoms with Crippen molar-refractivity contribution in [2.24, 2.45) is 0 Å². The van der Waals surface area contributed by atoms with Crippen LogP contribution in [0.4, 0.5) is 5.95 Å². The standard InChI is InChI=1S/C34H46N6O12S2/c1-19-25-27(51-33(2,3)49-25)24(41)22(47-19)15-54(45,46)18-53(43,44)13-12-21-26-28(52-34(4,5)50-26)31(48-21)40-17-37-23-29(40)38-32(36-16-35-6)39(30(23)42)14-20-10-8-7-9-11-20/h7-13,17,19,21-22,24-28,31,35,41H,14-16,18H2,1-6H3,(H,36,38)/b13-12+. The zero-order valence-corrected chi connectivity index (χ0v) is 32.3. The molecule has 9 atom stereocenters. The van der Waals surface area contributed by atoms with Crippen LogP contribution < -0.4 is 16.2 Å². The summed E-state index contributed by atoms with van der Waals surface area (Å²) in [6.07, 6.45) is -5.60. The van der Waals surface area contributed by atoms with Gasteiger partial charge < -0.3 is 44.2 Å². The van der Waals surface area contributed by atoms with Crippen molar-refractivity contribution in [3.63, 3.8) is 0 Å². The number of anilines is 1. The highest BCUT2D eigenvalue weighted by molar-refractivity contribution is 8.09. The number of aliphatic hydroxyl groups excluding tert-OH is 1. The van der Waals surface area contributed by atoms with Gasteiger partial charge in [-0.3, -0.25) is 13.9 Å². The molecule has 54 heavy (non-hydrogen) atoms. The van der Waals surface area contributed by atoms with Crippen LogP contribution in [0.1, 0.15) is 46.4 Å². The fourth-order valence-corrected chi connectivity index (χ4v) is 11.3. The first-order valence-corrected chi connectivity index (χ1v) is 21.1. The Morgan fingerprint density at radius 1 is 0.944 bits per heavy atom. The first kappa shape index (κ1) is 38.9. The second-order valence-electron chi connectivity index (χ2n) is 14.9. The van der Waals surface area contributed by atoms with Gasteiger partial charge in [-0.2, -0.15) is 4.98 Å². The average molecular weight is 795 g/mol. The van der Waals surface area contributed by atoms with E-state index in [4.69, 9.17) is 33.4 Å². The van der Waals surface area contributed by atoms with Crippen LogP contribution in [0, 0.1) is 0 Å². The fraction of sp³-hybridized carbons (Fsp3) is 0.618. The first-order valence-electron chi connectivity index (χ1n) is 17.6. The highest BCUT2D eigenvalue weighted by Gasteiger charge is 2.56. The Kier molecular flexibility index (Phi) is 10.3. The largest absolute Gasteiger partial charge is 0.388 e. The molecule has 296 valence electrons. The van der Waals surface area contributed by atoms with Gasteiger partial charge in [-0.15, -0.1) is 0 Å². The molecule has 4 aliphatic heterocycles. The molecule has 0 saturated carbocycles. The smallest absolute Gasteiger partial charge is 0.283 e. The molecular weight excluding hydrogens is 749 g/mol. The molecule has 9 unspecified atom stereocenters. The molecule has 0 radical (unpaired) electrons. The molecule has 0 aliphatic carbocycles. The number of hydrogen-bond acceptors (Lipinski definition) is 16. The van der Waals surface area contributed by atoms with Gasteiger partial charge in [-0.05, 0) is 53.3 Å². The SMILES string of the molecule is CNCNc1nc2c(ncn2C2OC(/C=C/S(=O)(=O)CS(=O)(=O)CC3OC(C)C4OC(C)(C)OC4C3O)C3OC(C)(C)OC32)c(=O)n1Cc1ccccc1. The van der Waals surface area contributed by atoms with Crippen LogP contribution in [0.15, 0.2) is 52.9 Å². The van der Waals surface area contributed by atoms with E-state index in [1.54, 1.807) is 46.2 Å². The molecule has 6 heterocycles. The molecule has 1 aromatic carbocycles. The highest BCUT2D eigenvalue weighted by Crippen LogP contribution is 2.44. The summed E-state index contributed by atoms with van der Waals surface area (Å²) in [7, 11) is -6.96. The number of aliphatic hydroxyl groups is 1. The zero-order valence-electron chi connectivity index (χ0n) is 30.7. The maximum Gasteiger partial charge on any atom is 0.283 e. The van der Waals surface area contributed by atoms with E-state index in [1.165, 1.54) is 17.0 Å².